The van der Waals surface area contributed by atoms with Crippen LogP contribution in [0.5, 0.6) is 0 Å². The van der Waals surface area contributed by atoms with Crippen molar-refractivity contribution in [3.63, 3.8) is 0 Å². The van der Waals surface area contributed by atoms with Crippen LogP contribution in [0.3, 0.4) is 0 Å². The molecule has 7 nitrogen and oxygen atoms in total. The molecule has 1 aromatic heterocycles. The zero-order valence-electron chi connectivity index (χ0n) is 20.0. The summed E-state index contributed by atoms with van der Waals surface area (Å²) in [5.74, 6) is 4.74. The molecule has 7 heteroatoms. The number of Topliss-reactive ketones (excluding diaryl/α,β-unsaturated/α-hetero) is 1. The number of hydrogen-bond donors (Lipinski definition) is 1. The van der Waals surface area contributed by atoms with Crippen molar-refractivity contribution in [1.82, 2.24) is 20.2 Å². The van der Waals surface area contributed by atoms with Crippen molar-refractivity contribution < 1.29 is 14.6 Å². The Bertz CT molecular complexity index is 843. The number of carbonyl (C=O) groups excluding carboxylic acids is 1. The molecule has 0 aliphatic heterocycles. The molecule has 5 rings (SSSR count). The highest BCUT2D eigenvalue weighted by molar-refractivity contribution is 5.82. The van der Waals surface area contributed by atoms with E-state index < -0.39 is 5.60 Å². The molecule has 8 atom stereocenters. The standard InChI is InChI=1S/C25H40N4O3/c1-4-32-15-25(31)12-10-18-17(13-25)5-6-20-19(18)9-11-24(3)21(20)7-8-22(24)23(30)14-29-16(2)26-27-28-29/h17-22,31H,4-15H2,1-3H3/t17-,18-,19+,20+,21-,22+,24-,25+/m0/s1. The van der Waals surface area contributed by atoms with Crippen LogP contribution in [0.25, 0.3) is 0 Å². The second kappa shape index (κ2) is 8.46. The van der Waals surface area contributed by atoms with Gasteiger partial charge in [-0.15, -0.1) is 5.10 Å². The molecule has 1 heterocycles. The average Bonchev–Trinajstić information content (AvgIpc) is 3.34. The fourth-order valence-electron chi connectivity index (χ4n) is 8.57. The van der Waals surface area contributed by atoms with Gasteiger partial charge in [0, 0.05) is 12.5 Å². The number of rotatable bonds is 6. The van der Waals surface area contributed by atoms with E-state index in [9.17, 15) is 9.90 Å². The molecule has 4 aliphatic carbocycles. The van der Waals surface area contributed by atoms with E-state index in [4.69, 9.17) is 4.74 Å². The Morgan fingerprint density at radius 3 is 2.69 bits per heavy atom. The molecule has 0 amide bonds. The van der Waals surface area contributed by atoms with Crippen molar-refractivity contribution in [2.75, 3.05) is 13.2 Å². The van der Waals surface area contributed by atoms with Gasteiger partial charge in [-0.1, -0.05) is 6.92 Å². The summed E-state index contributed by atoms with van der Waals surface area (Å²) in [6.07, 6.45) is 10.0. The van der Waals surface area contributed by atoms with E-state index in [1.54, 1.807) is 4.68 Å². The second-order valence-corrected chi connectivity index (χ2v) is 11.6. The van der Waals surface area contributed by atoms with Gasteiger partial charge in [0.05, 0.1) is 12.2 Å². The molecule has 1 aromatic rings. The maximum atomic E-state index is 13.3. The molecule has 0 saturated heterocycles. The smallest absolute Gasteiger partial charge is 0.158 e. The highest BCUT2D eigenvalue weighted by atomic mass is 16.5. The van der Waals surface area contributed by atoms with Crippen LogP contribution >= 0.6 is 0 Å². The fraction of sp³-hybridized carbons (Fsp3) is 0.920. The Kier molecular flexibility index (Phi) is 5.94. The van der Waals surface area contributed by atoms with Crippen LogP contribution < -0.4 is 0 Å². The highest BCUT2D eigenvalue weighted by Crippen LogP contribution is 2.64. The number of ether oxygens (including phenoxy) is 1. The summed E-state index contributed by atoms with van der Waals surface area (Å²) in [7, 11) is 0. The molecule has 0 radical (unpaired) electrons. The fourth-order valence-corrected chi connectivity index (χ4v) is 8.57. The Morgan fingerprint density at radius 1 is 1.12 bits per heavy atom. The molecule has 0 unspecified atom stereocenters. The van der Waals surface area contributed by atoms with Crippen molar-refractivity contribution in [1.29, 1.82) is 0 Å². The van der Waals surface area contributed by atoms with Crippen molar-refractivity contribution in [3.05, 3.63) is 5.82 Å². The lowest BCUT2D eigenvalue weighted by atomic mass is 9.49. The first-order valence-corrected chi connectivity index (χ1v) is 12.9. The average molecular weight is 445 g/mol. The number of aromatic nitrogens is 4. The predicted molar refractivity (Wildman–Crippen MR) is 120 cm³/mol. The summed E-state index contributed by atoms with van der Waals surface area (Å²) in [6, 6.07) is 0. The van der Waals surface area contributed by atoms with Gasteiger partial charge in [0.1, 0.15) is 12.4 Å². The van der Waals surface area contributed by atoms with E-state index in [2.05, 4.69) is 22.4 Å². The van der Waals surface area contributed by atoms with Gasteiger partial charge in [-0.3, -0.25) is 4.79 Å². The predicted octanol–water partition coefficient (Wildman–Crippen LogP) is 3.59. The molecule has 0 bridgehead atoms. The molecule has 4 saturated carbocycles. The topological polar surface area (TPSA) is 90.1 Å². The Morgan fingerprint density at radius 2 is 1.94 bits per heavy atom. The molecule has 4 fully saturated rings. The summed E-state index contributed by atoms with van der Waals surface area (Å²) < 4.78 is 7.27. The molecular formula is C25H40N4O3. The van der Waals surface area contributed by atoms with Crippen LogP contribution in [-0.4, -0.2) is 49.9 Å². The molecule has 32 heavy (non-hydrogen) atoms. The number of nitrogens with zero attached hydrogens (tertiary/aromatic N) is 4. The van der Waals surface area contributed by atoms with Crippen molar-refractivity contribution in [2.24, 2.45) is 40.9 Å². The second-order valence-electron chi connectivity index (χ2n) is 11.6. The van der Waals surface area contributed by atoms with E-state index in [1.165, 1.54) is 25.7 Å². The minimum absolute atomic E-state index is 0.122. The first-order chi connectivity index (χ1) is 15.3. The molecular weight excluding hydrogens is 404 g/mol. The summed E-state index contributed by atoms with van der Waals surface area (Å²) >= 11 is 0. The lowest BCUT2D eigenvalue weighted by Gasteiger charge is -2.57. The molecule has 178 valence electrons. The van der Waals surface area contributed by atoms with Gasteiger partial charge in [0.2, 0.25) is 0 Å². The largest absolute Gasteiger partial charge is 0.387 e. The van der Waals surface area contributed by atoms with Crippen molar-refractivity contribution in [2.45, 2.75) is 90.7 Å². The van der Waals surface area contributed by atoms with Gasteiger partial charge in [-0.25, -0.2) is 4.68 Å². The normalized spacial score (nSPS) is 43.4. The van der Waals surface area contributed by atoms with Gasteiger partial charge in [-0.05, 0) is 117 Å². The third-order valence-corrected chi connectivity index (χ3v) is 10.1. The van der Waals surface area contributed by atoms with E-state index >= 15 is 0 Å². The van der Waals surface area contributed by atoms with Crippen LogP contribution in [0.4, 0.5) is 0 Å². The number of aryl methyl sites for hydroxylation is 1. The van der Waals surface area contributed by atoms with Crippen LogP contribution in [-0.2, 0) is 16.1 Å². The van der Waals surface area contributed by atoms with E-state index in [0.29, 0.717) is 43.2 Å². The first kappa shape index (κ1) is 22.5. The van der Waals surface area contributed by atoms with Crippen LogP contribution in [0.15, 0.2) is 0 Å². The zero-order chi connectivity index (χ0) is 22.5. The van der Waals surface area contributed by atoms with Crippen molar-refractivity contribution >= 4 is 5.78 Å². The van der Waals surface area contributed by atoms with E-state index in [1.807, 2.05) is 13.8 Å². The Labute approximate surface area is 191 Å². The van der Waals surface area contributed by atoms with E-state index in [-0.39, 0.29) is 11.3 Å². The maximum Gasteiger partial charge on any atom is 0.158 e. The van der Waals surface area contributed by atoms with Gasteiger partial charge in [0.15, 0.2) is 5.78 Å². The van der Waals surface area contributed by atoms with Crippen LogP contribution in [0.2, 0.25) is 0 Å². The number of tetrazole rings is 1. The van der Waals surface area contributed by atoms with Gasteiger partial charge in [0.25, 0.3) is 0 Å². The van der Waals surface area contributed by atoms with Gasteiger partial charge in [-0.2, -0.15) is 0 Å². The number of ketones is 1. The Hall–Kier alpha value is -1.34. The van der Waals surface area contributed by atoms with Gasteiger partial charge >= 0.3 is 0 Å². The minimum Gasteiger partial charge on any atom is -0.387 e. The third kappa shape index (κ3) is 3.73. The van der Waals surface area contributed by atoms with Crippen molar-refractivity contribution in [3.8, 4) is 0 Å². The summed E-state index contributed by atoms with van der Waals surface area (Å²) in [5.41, 5.74) is -0.496. The number of hydrogen-bond acceptors (Lipinski definition) is 6. The van der Waals surface area contributed by atoms with Crippen LogP contribution in [0.1, 0.15) is 77.5 Å². The molecule has 0 spiro atoms. The summed E-state index contributed by atoms with van der Waals surface area (Å²) in [6.45, 7) is 7.74. The molecule has 1 N–H and O–H groups in total. The quantitative estimate of drug-likeness (QED) is 0.721. The van der Waals surface area contributed by atoms with Crippen LogP contribution in [0, 0.1) is 47.8 Å². The first-order valence-electron chi connectivity index (χ1n) is 12.9. The summed E-state index contributed by atoms with van der Waals surface area (Å²) in [4.78, 5) is 13.3. The number of fused-ring (bicyclic) bond motifs is 5. The number of carbonyl (C=O) groups is 1. The minimum atomic E-state index is -0.619. The molecule has 4 aliphatic rings. The Balaban J connectivity index is 1.27. The zero-order valence-corrected chi connectivity index (χ0v) is 20.0. The monoisotopic (exact) mass is 444 g/mol. The lowest BCUT2D eigenvalue weighted by molar-refractivity contribution is -0.138. The third-order valence-electron chi connectivity index (χ3n) is 10.1. The summed E-state index contributed by atoms with van der Waals surface area (Å²) in [5, 5.41) is 22.7. The number of aliphatic hydroxyl groups is 1. The maximum absolute atomic E-state index is 13.3. The highest BCUT2D eigenvalue weighted by Gasteiger charge is 2.59. The lowest BCUT2D eigenvalue weighted by Crippen LogP contribution is -2.52. The van der Waals surface area contributed by atoms with Gasteiger partial charge < -0.3 is 9.84 Å². The van der Waals surface area contributed by atoms with E-state index in [0.717, 1.165) is 49.9 Å². The molecule has 0 aromatic carbocycles. The SMILES string of the molecule is CCOC[C@@]1(O)CC[C@H]2[C@@H](CC[C@@H]3[C@@H]2CC[C@]2(C)[C@@H](C(=O)Cn4nnnc4C)CC[C@@H]32)C1.